The molecule has 0 radical (unpaired) electrons. The smallest absolute Gasteiger partial charge is 0.271 e. The molecule has 0 atom stereocenters. The monoisotopic (exact) mass is 264 g/mol. The van der Waals surface area contributed by atoms with Gasteiger partial charge in [-0.3, -0.25) is 10.1 Å². The van der Waals surface area contributed by atoms with Crippen LogP contribution in [0.25, 0.3) is 0 Å². The summed E-state index contributed by atoms with van der Waals surface area (Å²) in [6.45, 7) is 1.84. The predicted octanol–water partition coefficient (Wildman–Crippen LogP) is 3.09. The van der Waals surface area contributed by atoms with Gasteiger partial charge in [-0.15, -0.1) is 0 Å². The van der Waals surface area contributed by atoms with E-state index in [0.29, 0.717) is 16.7 Å². The maximum Gasteiger partial charge on any atom is 0.271 e. The van der Waals surface area contributed by atoms with Crippen LogP contribution in [-0.4, -0.2) is 14.9 Å². The van der Waals surface area contributed by atoms with Crippen molar-refractivity contribution in [1.29, 1.82) is 0 Å². The lowest BCUT2D eigenvalue weighted by Gasteiger charge is -2.08. The molecule has 0 fully saturated rings. The lowest BCUT2D eigenvalue weighted by atomic mass is 10.2. The standard InChI is InChI=1S/C11H9ClN4O2/c1-7-2-3-8(16(17)18)4-9(7)15-11-5-10(12)13-6-14-11/h2-6H,1H3,(H,13,14,15). The van der Waals surface area contributed by atoms with Crippen molar-refractivity contribution in [3.63, 3.8) is 0 Å². The SMILES string of the molecule is Cc1ccc([N+](=O)[O-])cc1Nc1cc(Cl)ncn1. The maximum absolute atomic E-state index is 10.7. The molecule has 0 saturated heterocycles. The van der Waals surface area contributed by atoms with E-state index in [1.54, 1.807) is 12.1 Å². The number of nitro groups is 1. The van der Waals surface area contributed by atoms with Gasteiger partial charge in [0, 0.05) is 23.9 Å². The second kappa shape index (κ2) is 4.97. The highest BCUT2D eigenvalue weighted by atomic mass is 35.5. The minimum Gasteiger partial charge on any atom is -0.340 e. The van der Waals surface area contributed by atoms with Crippen LogP contribution in [0.2, 0.25) is 5.15 Å². The molecule has 0 saturated carbocycles. The molecule has 0 amide bonds. The van der Waals surface area contributed by atoms with Crippen molar-refractivity contribution in [1.82, 2.24) is 9.97 Å². The molecule has 6 nitrogen and oxygen atoms in total. The van der Waals surface area contributed by atoms with E-state index in [-0.39, 0.29) is 5.69 Å². The highest BCUT2D eigenvalue weighted by Gasteiger charge is 2.09. The van der Waals surface area contributed by atoms with Gasteiger partial charge in [-0.25, -0.2) is 9.97 Å². The molecule has 1 N–H and O–H groups in total. The predicted molar refractivity (Wildman–Crippen MR) is 68.2 cm³/mol. The van der Waals surface area contributed by atoms with Crippen LogP contribution in [0.4, 0.5) is 17.2 Å². The number of hydrogen-bond donors (Lipinski definition) is 1. The van der Waals surface area contributed by atoms with Gasteiger partial charge in [-0.05, 0) is 12.5 Å². The fourth-order valence-electron chi connectivity index (χ4n) is 1.40. The average molecular weight is 265 g/mol. The molecular weight excluding hydrogens is 256 g/mol. The first-order valence-corrected chi connectivity index (χ1v) is 5.43. The van der Waals surface area contributed by atoms with Gasteiger partial charge in [0.2, 0.25) is 0 Å². The third kappa shape index (κ3) is 2.72. The fourth-order valence-corrected chi connectivity index (χ4v) is 1.55. The van der Waals surface area contributed by atoms with E-state index >= 15 is 0 Å². The Balaban J connectivity index is 2.33. The number of nitrogens with zero attached hydrogens (tertiary/aromatic N) is 3. The quantitative estimate of drug-likeness (QED) is 0.523. The molecule has 0 bridgehead atoms. The van der Waals surface area contributed by atoms with Gasteiger partial charge in [0.05, 0.1) is 4.92 Å². The van der Waals surface area contributed by atoms with E-state index in [9.17, 15) is 10.1 Å². The molecule has 0 aliphatic heterocycles. The van der Waals surface area contributed by atoms with Crippen molar-refractivity contribution in [3.8, 4) is 0 Å². The molecule has 2 rings (SSSR count). The van der Waals surface area contributed by atoms with E-state index in [0.717, 1.165) is 5.56 Å². The summed E-state index contributed by atoms with van der Waals surface area (Å²) < 4.78 is 0. The normalized spacial score (nSPS) is 10.1. The fraction of sp³-hybridized carbons (Fsp3) is 0.0909. The Bertz CT molecular complexity index is 603. The van der Waals surface area contributed by atoms with Crippen molar-refractivity contribution in [2.45, 2.75) is 6.92 Å². The maximum atomic E-state index is 10.7. The molecule has 2 aromatic rings. The first-order valence-electron chi connectivity index (χ1n) is 5.06. The van der Waals surface area contributed by atoms with Crippen LogP contribution in [0.5, 0.6) is 0 Å². The number of nitrogens with one attached hydrogen (secondary N) is 1. The molecule has 18 heavy (non-hydrogen) atoms. The zero-order chi connectivity index (χ0) is 13.1. The number of nitro benzene ring substituents is 1. The van der Waals surface area contributed by atoms with Crippen molar-refractivity contribution >= 4 is 28.8 Å². The molecule has 1 aromatic heterocycles. The lowest BCUT2D eigenvalue weighted by Crippen LogP contribution is -1.97. The second-order valence-corrected chi connectivity index (χ2v) is 3.99. The first-order chi connectivity index (χ1) is 8.56. The van der Waals surface area contributed by atoms with Crippen LogP contribution < -0.4 is 5.32 Å². The summed E-state index contributed by atoms with van der Waals surface area (Å²) >= 11 is 5.73. The summed E-state index contributed by atoms with van der Waals surface area (Å²) in [5.74, 6) is 0.485. The largest absolute Gasteiger partial charge is 0.340 e. The Kier molecular flexibility index (Phi) is 3.38. The molecule has 1 heterocycles. The molecule has 7 heteroatoms. The van der Waals surface area contributed by atoms with Crippen LogP contribution in [0, 0.1) is 17.0 Å². The van der Waals surface area contributed by atoms with Crippen LogP contribution >= 0.6 is 11.6 Å². The molecule has 0 spiro atoms. The summed E-state index contributed by atoms with van der Waals surface area (Å²) in [6, 6.07) is 6.11. The van der Waals surface area contributed by atoms with Gasteiger partial charge in [-0.2, -0.15) is 0 Å². The van der Waals surface area contributed by atoms with Gasteiger partial charge >= 0.3 is 0 Å². The summed E-state index contributed by atoms with van der Waals surface area (Å²) in [6.07, 6.45) is 1.32. The summed E-state index contributed by atoms with van der Waals surface area (Å²) in [7, 11) is 0. The third-order valence-electron chi connectivity index (χ3n) is 2.33. The van der Waals surface area contributed by atoms with E-state index in [1.807, 2.05) is 6.92 Å². The number of anilines is 2. The summed E-state index contributed by atoms with van der Waals surface area (Å²) in [4.78, 5) is 18.0. The number of rotatable bonds is 3. The van der Waals surface area contributed by atoms with E-state index < -0.39 is 4.92 Å². The number of benzene rings is 1. The minimum atomic E-state index is -0.447. The van der Waals surface area contributed by atoms with Crippen molar-refractivity contribution in [3.05, 3.63) is 51.4 Å². The minimum absolute atomic E-state index is 0.0169. The second-order valence-electron chi connectivity index (χ2n) is 3.61. The Hall–Kier alpha value is -2.21. The van der Waals surface area contributed by atoms with Crippen molar-refractivity contribution in [2.75, 3.05) is 5.32 Å². The van der Waals surface area contributed by atoms with Gasteiger partial charge in [0.25, 0.3) is 5.69 Å². The zero-order valence-corrected chi connectivity index (χ0v) is 10.2. The highest BCUT2D eigenvalue weighted by Crippen LogP contribution is 2.24. The molecule has 1 aromatic carbocycles. The van der Waals surface area contributed by atoms with Crippen LogP contribution in [0.15, 0.2) is 30.6 Å². The number of non-ortho nitro benzene ring substituents is 1. The first kappa shape index (κ1) is 12.3. The number of hydrogen-bond acceptors (Lipinski definition) is 5. The Morgan fingerprint density at radius 1 is 1.33 bits per heavy atom. The molecular formula is C11H9ClN4O2. The molecule has 0 aliphatic carbocycles. The number of aromatic nitrogens is 2. The van der Waals surface area contributed by atoms with Crippen LogP contribution in [-0.2, 0) is 0 Å². The van der Waals surface area contributed by atoms with E-state index in [2.05, 4.69) is 15.3 Å². The molecule has 92 valence electrons. The number of halogens is 1. The highest BCUT2D eigenvalue weighted by molar-refractivity contribution is 6.29. The zero-order valence-electron chi connectivity index (χ0n) is 9.42. The van der Waals surface area contributed by atoms with Crippen LogP contribution in [0.3, 0.4) is 0 Å². The summed E-state index contributed by atoms with van der Waals surface area (Å²) in [5, 5.41) is 14.0. The topological polar surface area (TPSA) is 81.0 Å². The van der Waals surface area contributed by atoms with Gasteiger partial charge in [0.1, 0.15) is 17.3 Å². The molecule has 0 unspecified atom stereocenters. The average Bonchev–Trinajstić information content (AvgIpc) is 2.31. The molecule has 0 aliphatic rings. The summed E-state index contributed by atoms with van der Waals surface area (Å²) in [5.41, 5.74) is 1.50. The van der Waals surface area contributed by atoms with Crippen LogP contribution in [0.1, 0.15) is 5.56 Å². The van der Waals surface area contributed by atoms with Crippen molar-refractivity contribution in [2.24, 2.45) is 0 Å². The Morgan fingerprint density at radius 3 is 2.78 bits per heavy atom. The lowest BCUT2D eigenvalue weighted by molar-refractivity contribution is -0.384. The number of aryl methyl sites for hydroxylation is 1. The van der Waals surface area contributed by atoms with Gasteiger partial charge in [0.15, 0.2) is 0 Å². The third-order valence-corrected chi connectivity index (χ3v) is 2.54. The Labute approximate surface area is 108 Å². The van der Waals surface area contributed by atoms with Crippen molar-refractivity contribution < 1.29 is 4.92 Å². The van der Waals surface area contributed by atoms with E-state index in [1.165, 1.54) is 18.5 Å². The van der Waals surface area contributed by atoms with Gasteiger partial charge in [-0.1, -0.05) is 17.7 Å². The van der Waals surface area contributed by atoms with Gasteiger partial charge < -0.3 is 5.32 Å². The van der Waals surface area contributed by atoms with E-state index in [4.69, 9.17) is 11.6 Å². The Morgan fingerprint density at radius 2 is 2.11 bits per heavy atom.